The zero-order valence-corrected chi connectivity index (χ0v) is 16.5. The Kier molecular flexibility index (Phi) is 6.30. The van der Waals surface area contributed by atoms with Crippen LogP contribution in [-0.4, -0.2) is 34.2 Å². The number of hydrogen-bond donors (Lipinski definition) is 3. The Balaban J connectivity index is 1.77. The maximum absolute atomic E-state index is 12.8. The lowest BCUT2D eigenvalue weighted by Crippen LogP contribution is -2.28. The molecule has 8 nitrogen and oxygen atoms in total. The van der Waals surface area contributed by atoms with E-state index in [-0.39, 0.29) is 24.4 Å². The lowest BCUT2D eigenvalue weighted by Gasteiger charge is -2.10. The number of nitrogens with one attached hydrogen (secondary N) is 2. The largest absolute Gasteiger partial charge is 0.370 e. The van der Waals surface area contributed by atoms with Crippen molar-refractivity contribution >= 4 is 34.7 Å². The number of para-hydroxylation sites is 1. The number of nitrogens with two attached hydrogens (primary N) is 1. The van der Waals surface area contributed by atoms with Gasteiger partial charge in [0.25, 0.3) is 11.8 Å². The minimum absolute atomic E-state index is 0.0383. The Morgan fingerprint density at radius 1 is 1.07 bits per heavy atom. The highest BCUT2D eigenvalue weighted by atomic mass is 32.1. The minimum Gasteiger partial charge on any atom is -0.370 e. The summed E-state index contributed by atoms with van der Waals surface area (Å²) in [5.41, 5.74) is 7.00. The Morgan fingerprint density at radius 3 is 2.55 bits per heavy atom. The van der Waals surface area contributed by atoms with Gasteiger partial charge in [0, 0.05) is 19.2 Å². The number of benzene rings is 1. The lowest BCUT2D eigenvalue weighted by atomic mass is 10.1. The number of carbonyl (C=O) groups is 3. The van der Waals surface area contributed by atoms with E-state index >= 15 is 0 Å². The standard InChI is InChI=1S/C20H19N5O3S/c1-12-17(29-20(24-12)15-8-4-5-10-22-15)19(28)25-14-7-3-2-6-13(14)18(27)23-11-9-16(21)26/h2-8,10H,9,11H2,1H3,(H2,21,26)(H,23,27)(H,25,28). The van der Waals surface area contributed by atoms with Crippen LogP contribution in [-0.2, 0) is 4.79 Å². The van der Waals surface area contributed by atoms with Crippen molar-refractivity contribution in [3.63, 3.8) is 0 Å². The predicted molar refractivity (Wildman–Crippen MR) is 111 cm³/mol. The second-order valence-electron chi connectivity index (χ2n) is 6.12. The highest BCUT2D eigenvalue weighted by molar-refractivity contribution is 7.17. The maximum Gasteiger partial charge on any atom is 0.267 e. The van der Waals surface area contributed by atoms with E-state index in [1.807, 2.05) is 18.2 Å². The molecule has 0 fully saturated rings. The number of nitrogens with zero attached hydrogens (tertiary/aromatic N) is 2. The van der Waals surface area contributed by atoms with E-state index in [2.05, 4.69) is 20.6 Å². The normalized spacial score (nSPS) is 10.4. The van der Waals surface area contributed by atoms with Crippen LogP contribution in [0.2, 0.25) is 0 Å². The van der Waals surface area contributed by atoms with Crippen LogP contribution in [0.25, 0.3) is 10.7 Å². The van der Waals surface area contributed by atoms with Crippen molar-refractivity contribution in [3.05, 3.63) is 64.8 Å². The summed E-state index contributed by atoms with van der Waals surface area (Å²) < 4.78 is 0. The number of rotatable bonds is 7. The van der Waals surface area contributed by atoms with E-state index in [1.165, 1.54) is 11.3 Å². The Labute approximate surface area is 171 Å². The van der Waals surface area contributed by atoms with Gasteiger partial charge in [-0.1, -0.05) is 18.2 Å². The van der Waals surface area contributed by atoms with Crippen molar-refractivity contribution in [2.75, 3.05) is 11.9 Å². The summed E-state index contributed by atoms with van der Waals surface area (Å²) in [5, 5.41) is 6.03. The number of aromatic nitrogens is 2. The molecule has 0 unspecified atom stereocenters. The zero-order valence-electron chi connectivity index (χ0n) is 15.6. The molecule has 0 bridgehead atoms. The van der Waals surface area contributed by atoms with Crippen LogP contribution < -0.4 is 16.4 Å². The molecule has 148 valence electrons. The first-order chi connectivity index (χ1) is 14.0. The summed E-state index contributed by atoms with van der Waals surface area (Å²) in [6, 6.07) is 12.1. The summed E-state index contributed by atoms with van der Waals surface area (Å²) >= 11 is 1.23. The summed E-state index contributed by atoms with van der Waals surface area (Å²) in [4.78, 5) is 45.1. The molecule has 0 aliphatic heterocycles. The van der Waals surface area contributed by atoms with Gasteiger partial charge in [-0.25, -0.2) is 4.98 Å². The molecular weight excluding hydrogens is 390 g/mol. The van der Waals surface area contributed by atoms with Crippen LogP contribution in [0.4, 0.5) is 5.69 Å². The van der Waals surface area contributed by atoms with Crippen LogP contribution in [0.5, 0.6) is 0 Å². The van der Waals surface area contributed by atoms with Gasteiger partial charge in [0.05, 0.1) is 22.6 Å². The second kappa shape index (κ2) is 9.07. The van der Waals surface area contributed by atoms with Crippen molar-refractivity contribution < 1.29 is 14.4 Å². The molecule has 2 heterocycles. The van der Waals surface area contributed by atoms with E-state index in [0.29, 0.717) is 27.0 Å². The molecule has 9 heteroatoms. The number of carbonyl (C=O) groups excluding carboxylic acids is 3. The van der Waals surface area contributed by atoms with Crippen LogP contribution in [0.15, 0.2) is 48.7 Å². The molecule has 0 radical (unpaired) electrons. The summed E-state index contributed by atoms with van der Waals surface area (Å²) in [6.07, 6.45) is 1.70. The van der Waals surface area contributed by atoms with Crippen molar-refractivity contribution in [2.24, 2.45) is 5.73 Å². The van der Waals surface area contributed by atoms with Gasteiger partial charge in [-0.15, -0.1) is 11.3 Å². The molecule has 0 saturated heterocycles. The van der Waals surface area contributed by atoms with Crippen LogP contribution in [0.3, 0.4) is 0 Å². The van der Waals surface area contributed by atoms with Crippen LogP contribution in [0, 0.1) is 6.92 Å². The molecule has 0 spiro atoms. The summed E-state index contributed by atoms with van der Waals surface area (Å²) in [7, 11) is 0. The molecular formula is C20H19N5O3S. The Bertz CT molecular complexity index is 1050. The highest BCUT2D eigenvalue weighted by Gasteiger charge is 2.19. The average Bonchev–Trinajstić information content (AvgIpc) is 3.10. The fourth-order valence-electron chi connectivity index (χ4n) is 2.57. The fraction of sp³-hybridized carbons (Fsp3) is 0.150. The quantitative estimate of drug-likeness (QED) is 0.552. The van der Waals surface area contributed by atoms with Gasteiger partial charge in [-0.2, -0.15) is 0 Å². The molecule has 4 N–H and O–H groups in total. The molecule has 0 aliphatic rings. The molecule has 3 rings (SSSR count). The average molecular weight is 409 g/mol. The number of aryl methyl sites for hydroxylation is 1. The van der Waals surface area contributed by atoms with Gasteiger partial charge in [-0.05, 0) is 31.2 Å². The first-order valence-corrected chi connectivity index (χ1v) is 9.63. The topological polar surface area (TPSA) is 127 Å². The monoisotopic (exact) mass is 409 g/mol. The molecule has 2 aromatic heterocycles. The van der Waals surface area contributed by atoms with Gasteiger partial charge < -0.3 is 16.4 Å². The molecule has 0 saturated carbocycles. The SMILES string of the molecule is Cc1nc(-c2ccccn2)sc1C(=O)Nc1ccccc1C(=O)NCCC(N)=O. The number of amides is 3. The third-order valence-electron chi connectivity index (χ3n) is 3.96. The molecule has 0 aliphatic carbocycles. The van der Waals surface area contributed by atoms with E-state index in [4.69, 9.17) is 5.73 Å². The third kappa shape index (κ3) is 5.02. The van der Waals surface area contributed by atoms with Gasteiger partial charge in [0.15, 0.2) is 0 Å². The van der Waals surface area contributed by atoms with Crippen molar-refractivity contribution in [1.82, 2.24) is 15.3 Å². The van der Waals surface area contributed by atoms with Crippen LogP contribution >= 0.6 is 11.3 Å². The molecule has 0 atom stereocenters. The number of pyridine rings is 1. The van der Waals surface area contributed by atoms with Gasteiger partial charge in [0.1, 0.15) is 9.88 Å². The van der Waals surface area contributed by atoms with Crippen LogP contribution in [0.1, 0.15) is 32.1 Å². The first-order valence-electron chi connectivity index (χ1n) is 8.81. The Morgan fingerprint density at radius 2 is 1.83 bits per heavy atom. The van der Waals surface area contributed by atoms with Gasteiger partial charge in [0.2, 0.25) is 5.91 Å². The van der Waals surface area contributed by atoms with E-state index < -0.39 is 11.8 Å². The van der Waals surface area contributed by atoms with Crippen molar-refractivity contribution in [1.29, 1.82) is 0 Å². The predicted octanol–water partition coefficient (Wildman–Crippen LogP) is 2.37. The van der Waals surface area contributed by atoms with Crippen molar-refractivity contribution in [3.8, 4) is 10.7 Å². The van der Waals surface area contributed by atoms with E-state index in [9.17, 15) is 14.4 Å². The number of hydrogen-bond acceptors (Lipinski definition) is 6. The lowest BCUT2D eigenvalue weighted by molar-refractivity contribution is -0.117. The number of primary amides is 1. The van der Waals surface area contributed by atoms with Gasteiger partial charge in [-0.3, -0.25) is 19.4 Å². The number of anilines is 1. The fourth-order valence-corrected chi connectivity index (χ4v) is 3.51. The second-order valence-corrected chi connectivity index (χ2v) is 7.12. The minimum atomic E-state index is -0.503. The summed E-state index contributed by atoms with van der Waals surface area (Å²) in [5.74, 6) is -1.27. The summed E-state index contributed by atoms with van der Waals surface area (Å²) in [6.45, 7) is 1.87. The zero-order chi connectivity index (χ0) is 20.8. The maximum atomic E-state index is 12.8. The van der Waals surface area contributed by atoms with E-state index in [1.54, 1.807) is 37.4 Å². The molecule has 1 aromatic carbocycles. The van der Waals surface area contributed by atoms with Crippen molar-refractivity contribution in [2.45, 2.75) is 13.3 Å². The Hall–Kier alpha value is -3.59. The molecule has 3 amide bonds. The number of thiazole rings is 1. The molecule has 29 heavy (non-hydrogen) atoms. The highest BCUT2D eigenvalue weighted by Crippen LogP contribution is 2.27. The molecule has 3 aromatic rings. The van der Waals surface area contributed by atoms with Gasteiger partial charge >= 0.3 is 0 Å². The smallest absolute Gasteiger partial charge is 0.267 e. The first kappa shape index (κ1) is 20.2. The third-order valence-corrected chi connectivity index (χ3v) is 5.14. The van der Waals surface area contributed by atoms with E-state index in [0.717, 1.165) is 0 Å².